The molecule has 7 heteroatoms. The predicted molar refractivity (Wildman–Crippen MR) is 53.3 cm³/mol. The van der Waals surface area contributed by atoms with Crippen molar-refractivity contribution in [3.05, 3.63) is 10.1 Å². The van der Waals surface area contributed by atoms with Gasteiger partial charge in [-0.3, -0.25) is 10.1 Å². The fourth-order valence-electron chi connectivity index (χ4n) is 0. The van der Waals surface area contributed by atoms with Gasteiger partial charge >= 0.3 is 0 Å². The summed E-state index contributed by atoms with van der Waals surface area (Å²) in [7, 11) is 0. The van der Waals surface area contributed by atoms with Crippen LogP contribution in [0.2, 0.25) is 0 Å². The summed E-state index contributed by atoms with van der Waals surface area (Å²) in [5, 5.41) is 9.17. The largest absolute Gasteiger partial charge is 0.265 e. The van der Waals surface area contributed by atoms with Gasteiger partial charge in [0.05, 0.1) is 0 Å². The summed E-state index contributed by atoms with van der Waals surface area (Å²) < 4.78 is 0. The van der Waals surface area contributed by atoms with E-state index in [2.05, 4.69) is 0 Å². The van der Waals surface area contributed by atoms with Crippen LogP contribution in [0.1, 0.15) is 14.4 Å². The van der Waals surface area contributed by atoms with Gasteiger partial charge in [-0.2, -0.15) is 0 Å². The predicted octanol–water partition coefficient (Wildman–Crippen LogP) is 2.61. The normalized spacial score (nSPS) is 3.70. The van der Waals surface area contributed by atoms with Gasteiger partial charge in [-0.15, -0.1) is 49.6 Å². The maximum atomic E-state index is 9.17. The van der Waals surface area contributed by atoms with Gasteiger partial charge in [-0.05, 0) is 0 Å². The molecule has 0 aromatic carbocycles. The van der Waals surface area contributed by atoms with Crippen molar-refractivity contribution in [2.24, 2.45) is 0 Å². The van der Waals surface area contributed by atoms with Crippen molar-refractivity contribution >= 4 is 49.6 Å². The summed E-state index contributed by atoms with van der Waals surface area (Å²) in [6.45, 7) is 1.53. The average molecular weight is 237 g/mol. The first-order chi connectivity index (χ1) is 2.27. The standard InChI is InChI=1S/C2H5NO2.CH4.4ClH/c1-2-3(4)5;;;;;/h2H2,1H3;1H4;4*1H. The smallest absolute Gasteiger partial charge is 0.201 e. The lowest BCUT2D eigenvalue weighted by Gasteiger charge is -1.73. The van der Waals surface area contributed by atoms with E-state index in [-0.39, 0.29) is 68.5 Å². The maximum absolute atomic E-state index is 9.17. The van der Waals surface area contributed by atoms with Crippen molar-refractivity contribution in [1.82, 2.24) is 0 Å². The van der Waals surface area contributed by atoms with Crippen LogP contribution >= 0.6 is 49.6 Å². The van der Waals surface area contributed by atoms with E-state index in [1.807, 2.05) is 0 Å². The Morgan fingerprint density at radius 1 is 1.20 bits per heavy atom. The van der Waals surface area contributed by atoms with Crippen molar-refractivity contribution in [3.8, 4) is 0 Å². The molecule has 0 spiro atoms. The van der Waals surface area contributed by atoms with Crippen molar-refractivity contribution < 1.29 is 4.92 Å². The highest BCUT2D eigenvalue weighted by Crippen LogP contribution is 1.57. The van der Waals surface area contributed by atoms with Crippen LogP contribution < -0.4 is 0 Å². The summed E-state index contributed by atoms with van der Waals surface area (Å²) >= 11 is 0. The third-order valence-corrected chi connectivity index (χ3v) is 0.258. The van der Waals surface area contributed by atoms with Crippen LogP contribution in [0, 0.1) is 10.1 Å². The van der Waals surface area contributed by atoms with E-state index in [0.29, 0.717) is 0 Å². The molecule has 0 amide bonds. The van der Waals surface area contributed by atoms with Crippen LogP contribution in [0.25, 0.3) is 0 Å². The lowest BCUT2D eigenvalue weighted by molar-refractivity contribution is -0.475. The van der Waals surface area contributed by atoms with Crippen LogP contribution in [0.4, 0.5) is 0 Å². The topological polar surface area (TPSA) is 43.1 Å². The first kappa shape index (κ1) is 46.4. The van der Waals surface area contributed by atoms with Crippen LogP contribution in [-0.2, 0) is 0 Å². The lowest BCUT2D eigenvalue weighted by Crippen LogP contribution is -1.92. The van der Waals surface area contributed by atoms with Crippen molar-refractivity contribution in [2.75, 3.05) is 6.54 Å². The molecule has 0 bridgehead atoms. The molecule has 0 aliphatic heterocycles. The number of nitrogens with zero attached hydrogens (tertiary/aromatic N) is 1. The van der Waals surface area contributed by atoms with E-state index in [1.54, 1.807) is 0 Å². The highest BCUT2D eigenvalue weighted by atomic mass is 35.5. The molecule has 0 heterocycles. The zero-order valence-corrected chi connectivity index (χ0v) is 7.87. The average Bonchev–Trinajstić information content (AvgIpc) is 1.38. The van der Waals surface area contributed by atoms with Gasteiger partial charge < -0.3 is 0 Å². The highest BCUT2D eigenvalue weighted by molar-refractivity contribution is 5.86. The molecule has 0 aromatic heterocycles. The van der Waals surface area contributed by atoms with Gasteiger partial charge in [0.2, 0.25) is 6.54 Å². The third-order valence-electron chi connectivity index (χ3n) is 0.258. The molecule has 0 fully saturated rings. The molecule has 0 radical (unpaired) electrons. The first-order valence-electron chi connectivity index (χ1n) is 1.39. The quantitative estimate of drug-likeness (QED) is 0.519. The summed E-state index contributed by atoms with van der Waals surface area (Å²) in [4.78, 5) is 8.80. The third kappa shape index (κ3) is 74.7. The van der Waals surface area contributed by atoms with Crippen molar-refractivity contribution in [3.63, 3.8) is 0 Å². The molecule has 0 saturated carbocycles. The Bertz CT molecular complexity index is 53.8. The van der Waals surface area contributed by atoms with Gasteiger partial charge in [-0.25, -0.2) is 0 Å². The number of hydrogen-bond donors (Lipinski definition) is 0. The second-order valence-corrected chi connectivity index (χ2v) is 0.649. The Labute approximate surface area is 85.7 Å². The lowest BCUT2D eigenvalue weighted by atomic mass is 10.8. The van der Waals surface area contributed by atoms with Gasteiger partial charge in [-0.1, -0.05) is 7.43 Å². The molecule has 0 N–H and O–H groups in total. The second-order valence-electron chi connectivity index (χ2n) is 0.649. The number of hydrogen-bond acceptors (Lipinski definition) is 2. The fourth-order valence-corrected chi connectivity index (χ4v) is 0. The minimum atomic E-state index is -0.375. The SMILES string of the molecule is C.CC[N+](=O)[O-].Cl.Cl.Cl.Cl. The summed E-state index contributed by atoms with van der Waals surface area (Å²) in [6, 6.07) is 0. The zero-order valence-electron chi connectivity index (χ0n) is 4.60. The van der Waals surface area contributed by atoms with Crippen molar-refractivity contribution in [1.29, 1.82) is 0 Å². The van der Waals surface area contributed by atoms with Crippen LogP contribution in [0.3, 0.4) is 0 Å². The van der Waals surface area contributed by atoms with Gasteiger partial charge in [0.1, 0.15) is 0 Å². The van der Waals surface area contributed by atoms with Crippen molar-refractivity contribution in [2.45, 2.75) is 14.4 Å². The number of nitro groups is 1. The molecular weight excluding hydrogens is 224 g/mol. The zero-order chi connectivity index (χ0) is 4.28. The molecule has 0 saturated heterocycles. The van der Waals surface area contributed by atoms with E-state index in [1.165, 1.54) is 6.92 Å². The minimum Gasteiger partial charge on any atom is -0.265 e. The molecule has 0 atom stereocenters. The molecule has 0 aliphatic carbocycles. The monoisotopic (exact) mass is 235 g/mol. The summed E-state index contributed by atoms with van der Waals surface area (Å²) in [6.07, 6.45) is 0. The molecule has 0 rings (SSSR count). The van der Waals surface area contributed by atoms with E-state index in [9.17, 15) is 10.1 Å². The molecule has 0 aromatic rings. The van der Waals surface area contributed by atoms with Gasteiger partial charge in [0.25, 0.3) is 0 Å². The second kappa shape index (κ2) is 33.7. The molecule has 70 valence electrons. The summed E-state index contributed by atoms with van der Waals surface area (Å²) in [5.74, 6) is 0. The summed E-state index contributed by atoms with van der Waals surface area (Å²) in [5.41, 5.74) is 0. The molecule has 3 nitrogen and oxygen atoms in total. The Morgan fingerprint density at radius 3 is 1.30 bits per heavy atom. The van der Waals surface area contributed by atoms with E-state index < -0.39 is 0 Å². The Morgan fingerprint density at radius 2 is 1.30 bits per heavy atom. The molecule has 0 aliphatic rings. The Kier molecular flexibility index (Phi) is 156. The van der Waals surface area contributed by atoms with Crippen LogP contribution in [-0.4, -0.2) is 11.5 Å². The van der Waals surface area contributed by atoms with Gasteiger partial charge in [0.15, 0.2) is 0 Å². The van der Waals surface area contributed by atoms with E-state index in [4.69, 9.17) is 0 Å². The highest BCUT2D eigenvalue weighted by Gasteiger charge is 1.76. The van der Waals surface area contributed by atoms with E-state index >= 15 is 0 Å². The van der Waals surface area contributed by atoms with Crippen LogP contribution in [0.5, 0.6) is 0 Å². The fraction of sp³-hybridized carbons (Fsp3) is 1.00. The van der Waals surface area contributed by atoms with Crippen LogP contribution in [0.15, 0.2) is 0 Å². The Balaban J connectivity index is -0.00000000800. The van der Waals surface area contributed by atoms with Gasteiger partial charge in [0, 0.05) is 11.8 Å². The minimum absolute atomic E-state index is 0. The molecule has 0 unspecified atom stereocenters. The Hall–Kier alpha value is 0.560. The number of halogens is 4. The molecule has 10 heavy (non-hydrogen) atoms. The molecular formula is C3H13Cl4NO2. The first-order valence-corrected chi connectivity index (χ1v) is 1.39. The van der Waals surface area contributed by atoms with E-state index in [0.717, 1.165) is 0 Å². The number of rotatable bonds is 1. The maximum Gasteiger partial charge on any atom is 0.201 e.